The Morgan fingerprint density at radius 3 is 2.89 bits per heavy atom. The number of aliphatic imine (C=N–C) groups is 1. The number of hydrogen-bond donors (Lipinski definition) is 0. The van der Waals surface area contributed by atoms with E-state index in [1.54, 1.807) is 22.5 Å². The molecule has 3 aliphatic heterocycles. The van der Waals surface area contributed by atoms with Crippen LogP contribution in [0.1, 0.15) is 57.8 Å². The van der Waals surface area contributed by atoms with Crippen LogP contribution in [0.15, 0.2) is 64.0 Å². The second kappa shape index (κ2) is 6.90. The van der Waals surface area contributed by atoms with Crippen molar-refractivity contribution in [1.82, 2.24) is 4.90 Å². The number of allylic oxidation sites excluding steroid dienone is 7. The number of nitrogens with zero attached hydrogens (tertiary/aromatic N) is 2. The average molecular weight is 373 g/mol. The molecule has 2 heteroatoms. The molecule has 0 saturated carbocycles. The molecule has 3 unspecified atom stereocenters. The van der Waals surface area contributed by atoms with E-state index in [-0.39, 0.29) is 0 Å². The van der Waals surface area contributed by atoms with Crippen molar-refractivity contribution in [2.45, 2.75) is 63.8 Å². The number of hydrogen-bond acceptors (Lipinski definition) is 2. The van der Waals surface area contributed by atoms with Gasteiger partial charge < -0.3 is 4.90 Å². The molecule has 0 N–H and O–H groups in total. The van der Waals surface area contributed by atoms with Gasteiger partial charge in [0.25, 0.3) is 0 Å². The lowest BCUT2D eigenvalue weighted by Gasteiger charge is -2.38. The van der Waals surface area contributed by atoms with E-state index in [1.165, 1.54) is 57.8 Å². The molecule has 0 spiro atoms. The highest BCUT2D eigenvalue weighted by Crippen LogP contribution is 2.55. The summed E-state index contributed by atoms with van der Waals surface area (Å²) in [7, 11) is 0. The molecular formula is C26H32N2. The zero-order valence-corrected chi connectivity index (χ0v) is 16.9. The fourth-order valence-corrected chi connectivity index (χ4v) is 6.93. The highest BCUT2D eigenvalue weighted by molar-refractivity contribution is 5.74. The summed E-state index contributed by atoms with van der Waals surface area (Å²) in [6.07, 6.45) is 28.5. The molecule has 6 aliphatic rings. The van der Waals surface area contributed by atoms with Gasteiger partial charge in [0.05, 0.1) is 6.04 Å². The van der Waals surface area contributed by atoms with Gasteiger partial charge in [-0.2, -0.15) is 0 Å². The monoisotopic (exact) mass is 372 g/mol. The summed E-state index contributed by atoms with van der Waals surface area (Å²) in [6.45, 7) is 1.00. The summed E-state index contributed by atoms with van der Waals surface area (Å²) in [5.41, 5.74) is 6.71. The Balaban J connectivity index is 1.42. The molecule has 3 aliphatic carbocycles. The molecule has 0 aromatic rings. The first-order valence-electron chi connectivity index (χ1n) is 11.6. The highest BCUT2D eigenvalue weighted by atomic mass is 15.2. The van der Waals surface area contributed by atoms with Crippen LogP contribution in [-0.2, 0) is 0 Å². The van der Waals surface area contributed by atoms with E-state index in [2.05, 4.69) is 52.6 Å². The molecule has 1 saturated heterocycles. The summed E-state index contributed by atoms with van der Waals surface area (Å²) in [4.78, 5) is 7.50. The Hall–Kier alpha value is -1.83. The maximum Gasteiger partial charge on any atom is 0.0585 e. The van der Waals surface area contributed by atoms with Crippen LogP contribution in [0, 0.1) is 23.7 Å². The maximum absolute atomic E-state index is 4.68. The largest absolute Gasteiger partial charge is 0.341 e. The minimum absolute atomic E-state index is 0.569. The van der Waals surface area contributed by atoms with Crippen molar-refractivity contribution >= 4 is 6.21 Å². The van der Waals surface area contributed by atoms with Crippen LogP contribution in [0.3, 0.4) is 0 Å². The quantitative estimate of drug-likeness (QED) is 0.546. The third-order valence-electron chi connectivity index (χ3n) is 8.22. The van der Waals surface area contributed by atoms with E-state index < -0.39 is 0 Å². The van der Waals surface area contributed by atoms with Crippen molar-refractivity contribution in [2.24, 2.45) is 28.7 Å². The summed E-state index contributed by atoms with van der Waals surface area (Å²) in [5.74, 6) is 3.06. The molecule has 0 bridgehead atoms. The lowest BCUT2D eigenvalue weighted by atomic mass is 9.71. The minimum Gasteiger partial charge on any atom is -0.341 e. The van der Waals surface area contributed by atoms with Gasteiger partial charge in [-0.1, -0.05) is 30.4 Å². The summed E-state index contributed by atoms with van der Waals surface area (Å²) < 4.78 is 0. The lowest BCUT2D eigenvalue weighted by Crippen LogP contribution is -2.35. The van der Waals surface area contributed by atoms with Gasteiger partial charge in [0, 0.05) is 36.0 Å². The molecule has 5 atom stereocenters. The van der Waals surface area contributed by atoms with Crippen molar-refractivity contribution in [1.29, 1.82) is 0 Å². The first kappa shape index (κ1) is 17.1. The number of dihydropyridines is 1. The molecule has 28 heavy (non-hydrogen) atoms. The van der Waals surface area contributed by atoms with Crippen molar-refractivity contribution in [3.05, 3.63) is 59.0 Å². The molecule has 0 aromatic carbocycles. The topological polar surface area (TPSA) is 15.6 Å². The molecule has 0 amide bonds. The smallest absolute Gasteiger partial charge is 0.0585 e. The van der Waals surface area contributed by atoms with Crippen molar-refractivity contribution < 1.29 is 0 Å². The van der Waals surface area contributed by atoms with Crippen LogP contribution in [0.2, 0.25) is 0 Å². The zero-order chi connectivity index (χ0) is 18.5. The second-order valence-corrected chi connectivity index (χ2v) is 9.66. The molecular weight excluding hydrogens is 340 g/mol. The van der Waals surface area contributed by atoms with Gasteiger partial charge in [-0.15, -0.1) is 0 Å². The lowest BCUT2D eigenvalue weighted by molar-refractivity contribution is 0.287. The number of rotatable bonds is 2. The number of fused-ring (bicyclic) bond motifs is 5. The van der Waals surface area contributed by atoms with Crippen molar-refractivity contribution in [3.8, 4) is 0 Å². The summed E-state index contributed by atoms with van der Waals surface area (Å²) in [5, 5.41) is 0. The van der Waals surface area contributed by atoms with Gasteiger partial charge in [-0.3, -0.25) is 4.99 Å². The SMILES string of the molecule is C1=CCC(CC2CC[C@H]3C4=C2CC=C2C=CCCC2N4C2=CC=NC[C@@H]23)CC1. The molecule has 3 heterocycles. The van der Waals surface area contributed by atoms with E-state index in [9.17, 15) is 0 Å². The fourth-order valence-electron chi connectivity index (χ4n) is 6.93. The van der Waals surface area contributed by atoms with Crippen molar-refractivity contribution in [2.75, 3.05) is 6.54 Å². The Bertz CT molecular complexity index is 836. The Kier molecular flexibility index (Phi) is 4.20. The van der Waals surface area contributed by atoms with E-state index in [1.807, 2.05) is 0 Å². The molecule has 6 rings (SSSR count). The van der Waals surface area contributed by atoms with Gasteiger partial charge >= 0.3 is 0 Å². The van der Waals surface area contributed by atoms with Gasteiger partial charge in [0.1, 0.15) is 0 Å². The van der Waals surface area contributed by atoms with E-state index in [0.29, 0.717) is 12.0 Å². The summed E-state index contributed by atoms with van der Waals surface area (Å²) >= 11 is 0. The van der Waals surface area contributed by atoms with Crippen LogP contribution >= 0.6 is 0 Å². The molecule has 1 fully saturated rings. The molecule has 146 valence electrons. The Morgan fingerprint density at radius 1 is 1.00 bits per heavy atom. The highest BCUT2D eigenvalue weighted by Gasteiger charge is 2.49. The normalized spacial score (nSPS) is 38.4. The molecule has 2 nitrogen and oxygen atoms in total. The van der Waals surface area contributed by atoms with Crippen LogP contribution in [0.25, 0.3) is 0 Å². The maximum atomic E-state index is 4.68. The Morgan fingerprint density at radius 2 is 1.96 bits per heavy atom. The fraction of sp³-hybridized carbons (Fsp3) is 0.577. The zero-order valence-electron chi connectivity index (χ0n) is 16.9. The first-order valence-corrected chi connectivity index (χ1v) is 11.6. The standard InChI is InChI=1S/C26H32N2/c1-2-6-18(7-3-1)16-20-11-13-22-23-17-27-15-14-25(23)28-24-9-5-4-8-19(24)10-12-21(20)26(22)28/h1-2,4,8,10,14-15,18,20,22-24H,3,5-7,9,11-13,16-17H2/t18?,20?,22-,23-,24?/m1/s1. The van der Waals surface area contributed by atoms with E-state index in [0.717, 1.165) is 24.3 Å². The predicted molar refractivity (Wildman–Crippen MR) is 116 cm³/mol. The van der Waals surface area contributed by atoms with Crippen LogP contribution in [0.4, 0.5) is 0 Å². The van der Waals surface area contributed by atoms with E-state index in [4.69, 9.17) is 0 Å². The van der Waals surface area contributed by atoms with Crippen molar-refractivity contribution in [3.63, 3.8) is 0 Å². The summed E-state index contributed by atoms with van der Waals surface area (Å²) in [6, 6.07) is 0.569. The molecule has 0 radical (unpaired) electrons. The van der Waals surface area contributed by atoms with Gasteiger partial charge in [0.2, 0.25) is 0 Å². The third-order valence-corrected chi connectivity index (χ3v) is 8.22. The van der Waals surface area contributed by atoms with E-state index >= 15 is 0 Å². The minimum atomic E-state index is 0.569. The first-order chi connectivity index (χ1) is 13.9. The average Bonchev–Trinajstić information content (AvgIpc) is 2.97. The van der Waals surface area contributed by atoms with Gasteiger partial charge in [-0.25, -0.2) is 0 Å². The molecule has 0 aromatic heterocycles. The van der Waals surface area contributed by atoms with Gasteiger partial charge in [0.15, 0.2) is 0 Å². The second-order valence-electron chi connectivity index (χ2n) is 9.66. The van der Waals surface area contributed by atoms with Crippen LogP contribution < -0.4 is 0 Å². The van der Waals surface area contributed by atoms with Crippen LogP contribution in [0.5, 0.6) is 0 Å². The van der Waals surface area contributed by atoms with Crippen LogP contribution in [-0.4, -0.2) is 23.7 Å². The predicted octanol–water partition coefficient (Wildman–Crippen LogP) is 5.96. The van der Waals surface area contributed by atoms with Gasteiger partial charge in [-0.05, 0) is 86.8 Å². The third kappa shape index (κ3) is 2.64. The Labute approximate surface area is 169 Å².